The zero-order chi connectivity index (χ0) is 20.2. The van der Waals surface area contributed by atoms with Crippen LogP contribution in [0.3, 0.4) is 0 Å². The minimum Gasteiger partial charge on any atom is -0.481 e. The third-order valence-electron chi connectivity index (χ3n) is 6.18. The van der Waals surface area contributed by atoms with Crippen molar-refractivity contribution in [3.05, 3.63) is 66.2 Å². The quantitative estimate of drug-likeness (QED) is 0.784. The number of likely N-dealkylation sites (tertiary alicyclic amines) is 1. The van der Waals surface area contributed by atoms with Gasteiger partial charge in [-0.3, -0.25) is 9.59 Å². The Bertz CT molecular complexity index is 832. The molecule has 152 valence electrons. The van der Waals surface area contributed by atoms with Crippen molar-refractivity contribution in [2.45, 2.75) is 31.7 Å². The molecule has 29 heavy (non-hydrogen) atoms. The second kappa shape index (κ2) is 8.78. The average Bonchev–Trinajstić information content (AvgIpc) is 3.56. The van der Waals surface area contributed by atoms with E-state index in [1.165, 1.54) is 5.56 Å². The first-order chi connectivity index (χ1) is 14.1. The summed E-state index contributed by atoms with van der Waals surface area (Å²) in [5.41, 5.74) is 2.24. The molecule has 1 saturated heterocycles. The van der Waals surface area contributed by atoms with Crippen LogP contribution in [0.5, 0.6) is 0 Å². The first kappa shape index (κ1) is 19.6. The number of para-hydroxylation sites is 1. The first-order valence-electron chi connectivity index (χ1n) is 10.5. The molecule has 1 saturated carbocycles. The van der Waals surface area contributed by atoms with E-state index < -0.39 is 11.9 Å². The maximum Gasteiger partial charge on any atom is 0.307 e. The van der Waals surface area contributed by atoms with Gasteiger partial charge in [0.05, 0.1) is 11.8 Å². The van der Waals surface area contributed by atoms with Gasteiger partial charge in [-0.25, -0.2) is 0 Å². The molecule has 5 heteroatoms. The molecule has 2 aromatic carbocycles. The highest BCUT2D eigenvalue weighted by Crippen LogP contribution is 2.42. The normalized spacial score (nSPS) is 22.2. The molecular weight excluding hydrogens is 364 g/mol. The number of piperidine rings is 1. The molecule has 1 heterocycles. The standard InChI is InChI=1S/C24H28N2O3/c27-23(21-17-22(21)24(28)29)26(19-9-5-2-6-10-19)20-12-15-25(16-13-20)14-11-18-7-3-1-4-8-18/h1-10,20-22H,11-17H2,(H,28,29)/t21-,22-/m0/s1. The lowest BCUT2D eigenvalue weighted by molar-refractivity contribution is -0.140. The highest BCUT2D eigenvalue weighted by molar-refractivity contribution is 6.00. The van der Waals surface area contributed by atoms with Crippen molar-refractivity contribution in [1.82, 2.24) is 4.90 Å². The first-order valence-corrected chi connectivity index (χ1v) is 10.5. The molecule has 0 unspecified atom stereocenters. The van der Waals surface area contributed by atoms with Crippen molar-refractivity contribution in [1.29, 1.82) is 0 Å². The number of rotatable bonds is 7. The molecule has 1 aliphatic heterocycles. The third kappa shape index (κ3) is 4.67. The highest BCUT2D eigenvalue weighted by Gasteiger charge is 2.51. The topological polar surface area (TPSA) is 60.9 Å². The van der Waals surface area contributed by atoms with Crippen molar-refractivity contribution in [3.8, 4) is 0 Å². The van der Waals surface area contributed by atoms with Gasteiger partial charge in [0.1, 0.15) is 0 Å². The number of carbonyl (C=O) groups is 2. The molecule has 1 N–H and O–H groups in total. The van der Waals surface area contributed by atoms with Crippen molar-refractivity contribution < 1.29 is 14.7 Å². The van der Waals surface area contributed by atoms with Gasteiger partial charge in [-0.15, -0.1) is 0 Å². The Labute approximate surface area is 171 Å². The van der Waals surface area contributed by atoms with E-state index in [0.29, 0.717) is 6.42 Å². The van der Waals surface area contributed by atoms with Crippen LogP contribution in [0.2, 0.25) is 0 Å². The molecule has 2 atom stereocenters. The van der Waals surface area contributed by atoms with Gasteiger partial charge in [-0.1, -0.05) is 48.5 Å². The fraction of sp³-hybridized carbons (Fsp3) is 0.417. The number of carboxylic acid groups (broad SMARTS) is 1. The number of hydrogen-bond acceptors (Lipinski definition) is 3. The van der Waals surface area contributed by atoms with E-state index in [2.05, 4.69) is 29.2 Å². The number of nitrogens with zero attached hydrogens (tertiary/aromatic N) is 2. The van der Waals surface area contributed by atoms with E-state index >= 15 is 0 Å². The Morgan fingerprint density at radius 3 is 2.14 bits per heavy atom. The van der Waals surface area contributed by atoms with Gasteiger partial charge in [0.2, 0.25) is 5.91 Å². The van der Waals surface area contributed by atoms with E-state index in [-0.39, 0.29) is 17.9 Å². The summed E-state index contributed by atoms with van der Waals surface area (Å²) < 4.78 is 0. The van der Waals surface area contributed by atoms with Gasteiger partial charge < -0.3 is 14.9 Å². The van der Waals surface area contributed by atoms with Crippen LogP contribution < -0.4 is 4.90 Å². The van der Waals surface area contributed by atoms with Crippen LogP contribution in [-0.4, -0.2) is 47.6 Å². The second-order valence-electron chi connectivity index (χ2n) is 8.14. The van der Waals surface area contributed by atoms with Crippen LogP contribution in [0.25, 0.3) is 0 Å². The summed E-state index contributed by atoms with van der Waals surface area (Å²) in [7, 11) is 0. The van der Waals surface area contributed by atoms with Gasteiger partial charge in [-0.2, -0.15) is 0 Å². The number of aliphatic carboxylic acids is 1. The fourth-order valence-corrected chi connectivity index (χ4v) is 4.36. The lowest BCUT2D eigenvalue weighted by atomic mass is 10.0. The van der Waals surface area contributed by atoms with Crippen LogP contribution in [0.1, 0.15) is 24.8 Å². The minimum atomic E-state index is -0.855. The van der Waals surface area contributed by atoms with Gasteiger partial charge in [0, 0.05) is 31.4 Å². The number of anilines is 1. The molecule has 2 fully saturated rings. The smallest absolute Gasteiger partial charge is 0.307 e. The summed E-state index contributed by atoms with van der Waals surface area (Å²) in [4.78, 5) is 28.8. The van der Waals surface area contributed by atoms with Crippen molar-refractivity contribution in [2.24, 2.45) is 11.8 Å². The molecule has 0 bridgehead atoms. The summed E-state index contributed by atoms with van der Waals surface area (Å²) in [6.07, 6.45) is 3.34. The largest absolute Gasteiger partial charge is 0.481 e. The predicted molar refractivity (Wildman–Crippen MR) is 113 cm³/mol. The number of hydrogen-bond donors (Lipinski definition) is 1. The van der Waals surface area contributed by atoms with E-state index in [9.17, 15) is 14.7 Å². The van der Waals surface area contributed by atoms with E-state index in [1.807, 2.05) is 41.3 Å². The zero-order valence-corrected chi connectivity index (χ0v) is 16.6. The molecule has 1 aliphatic carbocycles. The summed E-state index contributed by atoms with van der Waals surface area (Å²) in [6.45, 7) is 2.95. The minimum absolute atomic E-state index is 0.0219. The molecule has 2 aliphatic rings. The van der Waals surface area contributed by atoms with Crippen molar-refractivity contribution in [2.75, 3.05) is 24.5 Å². The van der Waals surface area contributed by atoms with Crippen LogP contribution in [0, 0.1) is 11.8 Å². The maximum atomic E-state index is 13.2. The molecule has 2 aromatic rings. The molecule has 5 nitrogen and oxygen atoms in total. The summed E-state index contributed by atoms with van der Waals surface area (Å²) in [5.74, 6) is -1.76. The van der Waals surface area contributed by atoms with Crippen LogP contribution in [-0.2, 0) is 16.0 Å². The van der Waals surface area contributed by atoms with Crippen LogP contribution >= 0.6 is 0 Å². The summed E-state index contributed by atoms with van der Waals surface area (Å²) >= 11 is 0. The molecule has 0 radical (unpaired) electrons. The molecule has 0 aromatic heterocycles. The Morgan fingerprint density at radius 2 is 1.55 bits per heavy atom. The predicted octanol–water partition coefficient (Wildman–Crippen LogP) is 3.45. The van der Waals surface area contributed by atoms with Gasteiger partial charge in [0.25, 0.3) is 0 Å². The monoisotopic (exact) mass is 392 g/mol. The summed E-state index contributed by atoms with van der Waals surface area (Å²) in [5, 5.41) is 9.25. The molecule has 4 rings (SSSR count). The average molecular weight is 392 g/mol. The second-order valence-corrected chi connectivity index (χ2v) is 8.14. The molecule has 0 spiro atoms. The number of carboxylic acids is 1. The zero-order valence-electron chi connectivity index (χ0n) is 16.6. The Morgan fingerprint density at radius 1 is 0.931 bits per heavy atom. The van der Waals surface area contributed by atoms with Gasteiger partial charge >= 0.3 is 5.97 Å². The van der Waals surface area contributed by atoms with Crippen LogP contribution in [0.15, 0.2) is 60.7 Å². The SMILES string of the molecule is O=C(O)[C@H]1C[C@@H]1C(=O)N(c1ccccc1)C1CCN(CCc2ccccc2)CC1. The number of carbonyl (C=O) groups excluding carboxylic acids is 1. The highest BCUT2D eigenvalue weighted by atomic mass is 16.4. The lowest BCUT2D eigenvalue weighted by Gasteiger charge is -2.39. The van der Waals surface area contributed by atoms with E-state index in [0.717, 1.165) is 44.6 Å². The van der Waals surface area contributed by atoms with Gasteiger partial charge in [0.15, 0.2) is 0 Å². The maximum absolute atomic E-state index is 13.2. The Kier molecular flexibility index (Phi) is 5.95. The van der Waals surface area contributed by atoms with Crippen molar-refractivity contribution >= 4 is 17.6 Å². The van der Waals surface area contributed by atoms with Gasteiger partial charge in [-0.05, 0) is 43.4 Å². The Balaban J connectivity index is 1.39. The number of benzene rings is 2. The van der Waals surface area contributed by atoms with E-state index in [4.69, 9.17) is 0 Å². The Hall–Kier alpha value is -2.66. The van der Waals surface area contributed by atoms with Crippen LogP contribution in [0.4, 0.5) is 5.69 Å². The molecular formula is C24H28N2O3. The third-order valence-corrected chi connectivity index (χ3v) is 6.18. The van der Waals surface area contributed by atoms with Crippen molar-refractivity contribution in [3.63, 3.8) is 0 Å². The van der Waals surface area contributed by atoms with E-state index in [1.54, 1.807) is 0 Å². The number of amides is 1. The lowest BCUT2D eigenvalue weighted by Crippen LogP contribution is -2.48. The fourth-order valence-electron chi connectivity index (χ4n) is 4.36. The molecule has 1 amide bonds. The summed E-state index contributed by atoms with van der Waals surface area (Å²) in [6, 6.07) is 20.4.